The fraction of sp³-hybridized carbons (Fsp3) is 0.250. The molecule has 1 aliphatic heterocycles. The molecule has 0 saturated carbocycles. The van der Waals surface area contributed by atoms with E-state index in [0.717, 1.165) is 30.8 Å². The highest BCUT2D eigenvalue weighted by Gasteiger charge is 2.24. The summed E-state index contributed by atoms with van der Waals surface area (Å²) in [6.45, 7) is 6.44. The molecule has 4 aromatic rings. The third kappa shape index (κ3) is 5.10. The van der Waals surface area contributed by atoms with E-state index in [1.165, 1.54) is 16.5 Å². The van der Waals surface area contributed by atoms with Crippen LogP contribution in [0, 0.1) is 6.92 Å². The molecule has 168 valence electrons. The highest BCUT2D eigenvalue weighted by atomic mass is 16.5. The number of carbonyl (C=O) groups excluding carboxylic acids is 1. The summed E-state index contributed by atoms with van der Waals surface area (Å²) in [5.41, 5.74) is 2.59. The number of hydrogen-bond acceptors (Lipinski definition) is 4. The Bertz CT molecular complexity index is 1250. The molecule has 5 rings (SSSR count). The fourth-order valence-corrected chi connectivity index (χ4v) is 4.32. The second kappa shape index (κ2) is 9.51. The van der Waals surface area contributed by atoms with Crippen molar-refractivity contribution in [2.45, 2.75) is 20.1 Å². The van der Waals surface area contributed by atoms with Crippen LogP contribution in [0.3, 0.4) is 0 Å². The van der Waals surface area contributed by atoms with Crippen LogP contribution in [0.1, 0.15) is 27.4 Å². The summed E-state index contributed by atoms with van der Waals surface area (Å²) in [5, 5.41) is 2.31. The number of aryl methyl sites for hydroxylation is 1. The van der Waals surface area contributed by atoms with E-state index in [1.807, 2.05) is 41.3 Å². The van der Waals surface area contributed by atoms with Gasteiger partial charge in [0.25, 0.3) is 5.91 Å². The standard InChI is InChI=1S/C28H28N2O3/c1-21-5-4-6-22(17-21)19-29-13-15-30(16-14-29)28(31)27-12-11-26(33-27)20-32-25-10-9-23-7-2-3-8-24(23)18-25/h2-12,17-18H,13-16,19-20H2,1H3. The first-order valence-corrected chi connectivity index (χ1v) is 11.4. The van der Waals surface area contributed by atoms with Gasteiger partial charge >= 0.3 is 0 Å². The lowest BCUT2D eigenvalue weighted by Gasteiger charge is -2.34. The van der Waals surface area contributed by atoms with Crippen molar-refractivity contribution in [1.29, 1.82) is 0 Å². The topological polar surface area (TPSA) is 45.9 Å². The van der Waals surface area contributed by atoms with Crippen molar-refractivity contribution in [2.24, 2.45) is 0 Å². The first kappa shape index (κ1) is 21.3. The van der Waals surface area contributed by atoms with Gasteiger partial charge in [0.05, 0.1) is 0 Å². The Morgan fingerprint density at radius 1 is 0.879 bits per heavy atom. The van der Waals surface area contributed by atoms with Crippen LogP contribution in [0.2, 0.25) is 0 Å². The zero-order chi connectivity index (χ0) is 22.6. The maximum atomic E-state index is 12.9. The van der Waals surface area contributed by atoms with Crippen LogP contribution in [0.5, 0.6) is 5.75 Å². The third-order valence-electron chi connectivity index (χ3n) is 6.12. The lowest BCUT2D eigenvalue weighted by atomic mass is 10.1. The van der Waals surface area contributed by atoms with E-state index in [-0.39, 0.29) is 12.5 Å². The number of furan rings is 1. The van der Waals surface area contributed by atoms with Gasteiger partial charge < -0.3 is 14.1 Å². The molecule has 0 atom stereocenters. The first-order valence-electron chi connectivity index (χ1n) is 11.4. The Balaban J connectivity index is 1.14. The van der Waals surface area contributed by atoms with E-state index in [1.54, 1.807) is 6.07 Å². The Labute approximate surface area is 194 Å². The largest absolute Gasteiger partial charge is 0.486 e. The van der Waals surface area contributed by atoms with Gasteiger partial charge in [-0.3, -0.25) is 9.69 Å². The van der Waals surface area contributed by atoms with E-state index < -0.39 is 0 Å². The summed E-state index contributed by atoms with van der Waals surface area (Å²) in [7, 11) is 0. The summed E-state index contributed by atoms with van der Waals surface area (Å²) in [5.74, 6) is 1.74. The number of ether oxygens (including phenoxy) is 1. The number of amides is 1. The maximum absolute atomic E-state index is 12.9. The van der Waals surface area contributed by atoms with Crippen molar-refractivity contribution in [3.05, 3.63) is 102 Å². The number of hydrogen-bond donors (Lipinski definition) is 0. The molecule has 0 unspecified atom stereocenters. The van der Waals surface area contributed by atoms with Crippen LogP contribution in [-0.2, 0) is 13.2 Å². The third-order valence-corrected chi connectivity index (χ3v) is 6.12. The van der Waals surface area contributed by atoms with E-state index in [2.05, 4.69) is 48.2 Å². The summed E-state index contributed by atoms with van der Waals surface area (Å²) >= 11 is 0. The van der Waals surface area contributed by atoms with Crippen LogP contribution in [-0.4, -0.2) is 41.9 Å². The quantitative estimate of drug-likeness (QED) is 0.409. The molecule has 0 radical (unpaired) electrons. The van der Waals surface area contributed by atoms with Gasteiger partial charge in [-0.25, -0.2) is 0 Å². The number of nitrogens with zero attached hydrogens (tertiary/aromatic N) is 2. The zero-order valence-corrected chi connectivity index (χ0v) is 18.9. The van der Waals surface area contributed by atoms with E-state index in [9.17, 15) is 4.79 Å². The zero-order valence-electron chi connectivity index (χ0n) is 18.9. The van der Waals surface area contributed by atoms with Crippen LogP contribution in [0.25, 0.3) is 10.8 Å². The van der Waals surface area contributed by atoms with Crippen LogP contribution < -0.4 is 4.74 Å². The normalized spacial score (nSPS) is 14.5. The molecule has 0 bridgehead atoms. The Kier molecular flexibility index (Phi) is 6.13. The molecular formula is C28H28N2O3. The predicted molar refractivity (Wildman–Crippen MR) is 129 cm³/mol. The van der Waals surface area contributed by atoms with Crippen molar-refractivity contribution in [1.82, 2.24) is 9.80 Å². The molecule has 0 aliphatic carbocycles. The van der Waals surface area contributed by atoms with Gasteiger partial charge in [-0.05, 0) is 47.5 Å². The van der Waals surface area contributed by atoms with Gasteiger partial charge in [-0.15, -0.1) is 0 Å². The van der Waals surface area contributed by atoms with Crippen LogP contribution in [0.4, 0.5) is 0 Å². The second-order valence-corrected chi connectivity index (χ2v) is 8.62. The van der Waals surface area contributed by atoms with E-state index >= 15 is 0 Å². The molecule has 1 fully saturated rings. The monoisotopic (exact) mass is 440 g/mol. The Hall–Kier alpha value is -3.57. The number of benzene rings is 3. The van der Waals surface area contributed by atoms with Crippen molar-refractivity contribution < 1.29 is 13.9 Å². The van der Waals surface area contributed by atoms with E-state index in [4.69, 9.17) is 9.15 Å². The van der Waals surface area contributed by atoms with Gasteiger partial charge in [0.15, 0.2) is 5.76 Å². The highest BCUT2D eigenvalue weighted by molar-refractivity contribution is 5.91. The van der Waals surface area contributed by atoms with Gasteiger partial charge in [0.2, 0.25) is 0 Å². The lowest BCUT2D eigenvalue weighted by Crippen LogP contribution is -2.48. The maximum Gasteiger partial charge on any atom is 0.289 e. The molecule has 33 heavy (non-hydrogen) atoms. The molecule has 5 heteroatoms. The SMILES string of the molecule is Cc1cccc(CN2CCN(C(=O)c3ccc(COc4ccc5ccccc5c4)o3)CC2)c1. The summed E-state index contributed by atoms with van der Waals surface area (Å²) in [4.78, 5) is 17.2. The number of fused-ring (bicyclic) bond motifs is 1. The number of carbonyl (C=O) groups is 1. The average molecular weight is 441 g/mol. The fourth-order valence-electron chi connectivity index (χ4n) is 4.32. The Morgan fingerprint density at radius 3 is 2.52 bits per heavy atom. The molecule has 2 heterocycles. The van der Waals surface area contributed by atoms with Crippen molar-refractivity contribution in [3.63, 3.8) is 0 Å². The van der Waals surface area contributed by atoms with Crippen LogP contribution in [0.15, 0.2) is 83.3 Å². The molecule has 1 aliphatic rings. The molecule has 1 saturated heterocycles. The van der Waals surface area contributed by atoms with E-state index in [0.29, 0.717) is 24.6 Å². The minimum atomic E-state index is -0.0536. The molecule has 1 aromatic heterocycles. The summed E-state index contributed by atoms with van der Waals surface area (Å²) < 4.78 is 11.7. The smallest absolute Gasteiger partial charge is 0.289 e. The molecular weight excluding hydrogens is 412 g/mol. The first-order chi connectivity index (χ1) is 16.1. The van der Waals surface area contributed by atoms with Gasteiger partial charge in [0.1, 0.15) is 18.1 Å². The molecule has 3 aromatic carbocycles. The minimum Gasteiger partial charge on any atom is -0.486 e. The lowest BCUT2D eigenvalue weighted by molar-refractivity contribution is 0.0594. The van der Waals surface area contributed by atoms with Crippen LogP contribution >= 0.6 is 0 Å². The number of rotatable bonds is 6. The van der Waals surface area contributed by atoms with Gasteiger partial charge in [-0.2, -0.15) is 0 Å². The second-order valence-electron chi connectivity index (χ2n) is 8.62. The molecule has 0 spiro atoms. The summed E-state index contributed by atoms with van der Waals surface area (Å²) in [6.07, 6.45) is 0. The van der Waals surface area contributed by atoms with Crippen molar-refractivity contribution in [2.75, 3.05) is 26.2 Å². The molecule has 0 N–H and O–H groups in total. The summed E-state index contributed by atoms with van der Waals surface area (Å²) in [6, 6.07) is 26.4. The average Bonchev–Trinajstić information content (AvgIpc) is 3.32. The Morgan fingerprint density at radius 2 is 1.70 bits per heavy atom. The predicted octanol–water partition coefficient (Wildman–Crippen LogP) is 5.28. The van der Waals surface area contributed by atoms with Gasteiger partial charge in [-0.1, -0.05) is 60.2 Å². The molecule has 1 amide bonds. The van der Waals surface area contributed by atoms with Gasteiger partial charge in [0, 0.05) is 32.7 Å². The highest BCUT2D eigenvalue weighted by Crippen LogP contribution is 2.22. The van der Waals surface area contributed by atoms with Crippen molar-refractivity contribution in [3.8, 4) is 5.75 Å². The number of piperazine rings is 1. The van der Waals surface area contributed by atoms with Crippen molar-refractivity contribution >= 4 is 16.7 Å². The molecule has 5 nitrogen and oxygen atoms in total. The minimum absolute atomic E-state index is 0.0536.